The highest BCUT2D eigenvalue weighted by atomic mass is 32.2. The lowest BCUT2D eigenvalue weighted by molar-refractivity contribution is -0.387. The minimum Gasteiger partial charge on any atom is -0.322 e. The molecule has 0 aliphatic heterocycles. The van der Waals surface area contributed by atoms with Crippen molar-refractivity contribution in [3.8, 4) is 11.4 Å². The second kappa shape index (κ2) is 7.34. The number of nitro groups is 1. The number of nitro benzene ring substituents is 1. The van der Waals surface area contributed by atoms with E-state index in [-0.39, 0.29) is 5.56 Å². The molecule has 0 atom stereocenters. The first-order chi connectivity index (χ1) is 14.2. The van der Waals surface area contributed by atoms with E-state index in [0.29, 0.717) is 23.0 Å². The summed E-state index contributed by atoms with van der Waals surface area (Å²) in [7, 11) is -3.81. The molecule has 0 unspecified atom stereocenters. The van der Waals surface area contributed by atoms with Gasteiger partial charge in [0.05, 0.1) is 4.92 Å². The van der Waals surface area contributed by atoms with Crippen LogP contribution in [0.25, 0.3) is 11.4 Å². The van der Waals surface area contributed by atoms with Gasteiger partial charge in [0.15, 0.2) is 15.7 Å². The Morgan fingerprint density at radius 1 is 1.23 bits per heavy atom. The summed E-state index contributed by atoms with van der Waals surface area (Å²) in [5.41, 5.74) is 0.472. The van der Waals surface area contributed by atoms with Crippen molar-refractivity contribution < 1.29 is 18.1 Å². The molecule has 0 saturated heterocycles. The van der Waals surface area contributed by atoms with Crippen LogP contribution in [0.2, 0.25) is 0 Å². The smallest absolute Gasteiger partial charge is 0.288 e. The van der Waals surface area contributed by atoms with Gasteiger partial charge in [0, 0.05) is 35.1 Å². The number of hydrogen-bond donors (Lipinski definition) is 2. The van der Waals surface area contributed by atoms with Crippen molar-refractivity contribution in [3.05, 3.63) is 64.0 Å². The zero-order valence-corrected chi connectivity index (χ0v) is 16.6. The first-order valence-corrected chi connectivity index (χ1v) is 10.9. The van der Waals surface area contributed by atoms with Gasteiger partial charge in [-0.1, -0.05) is 12.1 Å². The summed E-state index contributed by atoms with van der Waals surface area (Å²) >= 11 is 0. The molecule has 11 heteroatoms. The molecule has 154 valence electrons. The number of aromatic amines is 1. The van der Waals surface area contributed by atoms with Gasteiger partial charge in [0.25, 0.3) is 11.6 Å². The van der Waals surface area contributed by atoms with E-state index in [2.05, 4.69) is 20.5 Å². The van der Waals surface area contributed by atoms with Gasteiger partial charge in [0.2, 0.25) is 0 Å². The molecule has 0 spiro atoms. The maximum atomic E-state index is 12.6. The molecule has 1 heterocycles. The molecule has 1 aliphatic rings. The number of hydrogen-bond acceptors (Lipinski definition) is 7. The van der Waals surface area contributed by atoms with Crippen LogP contribution < -0.4 is 5.32 Å². The standard InChI is InChI=1S/C19H17N5O5S/c1-30(28,29)16-8-7-13(10-15(16)24(26)27)19(25)20-14-4-2-3-12(9-14)18-21-17(22-23-18)11-5-6-11/h2-4,7-11H,5-6H2,1H3,(H,20,25)(H,21,22,23). The Morgan fingerprint density at radius 2 is 2.00 bits per heavy atom. The fourth-order valence-corrected chi connectivity index (χ4v) is 3.83. The number of aromatic nitrogens is 3. The van der Waals surface area contributed by atoms with Crippen molar-refractivity contribution in [2.24, 2.45) is 0 Å². The number of nitrogens with zero attached hydrogens (tertiary/aromatic N) is 3. The average Bonchev–Trinajstić information content (AvgIpc) is 3.43. The zero-order chi connectivity index (χ0) is 21.5. The Morgan fingerprint density at radius 3 is 2.67 bits per heavy atom. The van der Waals surface area contributed by atoms with E-state index < -0.39 is 31.3 Å². The Hall–Kier alpha value is -3.60. The molecule has 1 aliphatic carbocycles. The number of anilines is 1. The molecular formula is C19H17N5O5S. The SMILES string of the molecule is CS(=O)(=O)c1ccc(C(=O)Nc2cccc(-c3n[nH]c(C4CC4)n3)c2)cc1[N+](=O)[O-]. The van der Waals surface area contributed by atoms with E-state index in [1.807, 2.05) is 0 Å². The quantitative estimate of drug-likeness (QED) is 0.454. The Balaban J connectivity index is 1.58. The molecule has 0 radical (unpaired) electrons. The molecule has 2 N–H and O–H groups in total. The van der Waals surface area contributed by atoms with Gasteiger partial charge < -0.3 is 5.32 Å². The number of carbonyl (C=O) groups excluding carboxylic acids is 1. The van der Waals surface area contributed by atoms with Gasteiger partial charge in [-0.15, -0.1) is 0 Å². The van der Waals surface area contributed by atoms with Crippen LogP contribution in [0.3, 0.4) is 0 Å². The molecule has 1 amide bonds. The van der Waals surface area contributed by atoms with E-state index in [0.717, 1.165) is 37.1 Å². The lowest BCUT2D eigenvalue weighted by Gasteiger charge is -2.08. The molecule has 2 aromatic carbocycles. The minimum absolute atomic E-state index is 0.0339. The third-order valence-electron chi connectivity index (χ3n) is 4.66. The lowest BCUT2D eigenvalue weighted by atomic mass is 10.1. The number of sulfone groups is 1. The van der Waals surface area contributed by atoms with Crippen LogP contribution in [-0.2, 0) is 9.84 Å². The lowest BCUT2D eigenvalue weighted by Crippen LogP contribution is -2.13. The van der Waals surface area contributed by atoms with Gasteiger partial charge in [0.1, 0.15) is 10.7 Å². The largest absolute Gasteiger partial charge is 0.322 e. The average molecular weight is 427 g/mol. The molecule has 4 rings (SSSR count). The van der Waals surface area contributed by atoms with Crippen molar-refractivity contribution in [1.29, 1.82) is 0 Å². The van der Waals surface area contributed by atoms with Crippen LogP contribution in [0, 0.1) is 10.1 Å². The van der Waals surface area contributed by atoms with Gasteiger partial charge in [-0.2, -0.15) is 5.10 Å². The van der Waals surface area contributed by atoms with Gasteiger partial charge in [-0.3, -0.25) is 20.0 Å². The Kier molecular flexibility index (Phi) is 4.82. The fourth-order valence-electron chi connectivity index (χ4n) is 3.00. The topological polar surface area (TPSA) is 148 Å². The number of amides is 1. The maximum Gasteiger partial charge on any atom is 0.288 e. The summed E-state index contributed by atoms with van der Waals surface area (Å²) in [6.45, 7) is 0. The van der Waals surface area contributed by atoms with Gasteiger partial charge >= 0.3 is 0 Å². The molecule has 0 bridgehead atoms. The number of rotatable bonds is 6. The van der Waals surface area contributed by atoms with E-state index in [1.54, 1.807) is 24.3 Å². The maximum absolute atomic E-state index is 12.6. The number of carbonyl (C=O) groups is 1. The highest BCUT2D eigenvalue weighted by Crippen LogP contribution is 2.38. The second-order valence-corrected chi connectivity index (χ2v) is 9.05. The third kappa shape index (κ3) is 4.06. The molecular weight excluding hydrogens is 410 g/mol. The van der Waals surface area contributed by atoms with Gasteiger partial charge in [-0.05, 0) is 37.1 Å². The summed E-state index contributed by atoms with van der Waals surface area (Å²) in [4.78, 5) is 27.0. The number of H-pyrrole nitrogens is 1. The fraction of sp³-hybridized carbons (Fsp3) is 0.211. The van der Waals surface area contributed by atoms with Crippen molar-refractivity contribution >= 4 is 27.1 Å². The first-order valence-electron chi connectivity index (χ1n) is 9.05. The van der Waals surface area contributed by atoms with Crippen LogP contribution in [0.5, 0.6) is 0 Å². The monoisotopic (exact) mass is 427 g/mol. The Bertz CT molecular complexity index is 1260. The summed E-state index contributed by atoms with van der Waals surface area (Å²) in [5.74, 6) is 1.18. The van der Waals surface area contributed by atoms with Crippen molar-refractivity contribution in [1.82, 2.24) is 15.2 Å². The van der Waals surface area contributed by atoms with Crippen molar-refractivity contribution in [2.75, 3.05) is 11.6 Å². The second-order valence-electron chi connectivity index (χ2n) is 7.07. The highest BCUT2D eigenvalue weighted by Gasteiger charge is 2.27. The summed E-state index contributed by atoms with van der Waals surface area (Å²) in [5, 5.41) is 21.0. The summed E-state index contributed by atoms with van der Waals surface area (Å²) in [6, 6.07) is 10.1. The van der Waals surface area contributed by atoms with Crippen LogP contribution in [0.4, 0.5) is 11.4 Å². The zero-order valence-electron chi connectivity index (χ0n) is 15.8. The minimum atomic E-state index is -3.81. The van der Waals surface area contributed by atoms with Crippen LogP contribution in [0.15, 0.2) is 47.4 Å². The number of nitrogens with one attached hydrogen (secondary N) is 2. The normalized spacial score (nSPS) is 13.8. The highest BCUT2D eigenvalue weighted by molar-refractivity contribution is 7.90. The summed E-state index contributed by atoms with van der Waals surface area (Å²) in [6.07, 6.45) is 3.06. The third-order valence-corrected chi connectivity index (χ3v) is 5.81. The molecule has 30 heavy (non-hydrogen) atoms. The van der Waals surface area contributed by atoms with E-state index in [4.69, 9.17) is 0 Å². The van der Waals surface area contributed by atoms with Crippen LogP contribution >= 0.6 is 0 Å². The Labute approximate surface area is 171 Å². The van der Waals surface area contributed by atoms with E-state index in [9.17, 15) is 23.3 Å². The first kappa shape index (κ1) is 19.7. The van der Waals surface area contributed by atoms with Crippen molar-refractivity contribution in [2.45, 2.75) is 23.7 Å². The number of benzene rings is 2. The molecule has 10 nitrogen and oxygen atoms in total. The van der Waals surface area contributed by atoms with E-state index >= 15 is 0 Å². The molecule has 1 saturated carbocycles. The molecule has 3 aromatic rings. The predicted octanol–water partition coefficient (Wildman–Crippen LogP) is 2.91. The molecule has 1 fully saturated rings. The van der Waals surface area contributed by atoms with Crippen LogP contribution in [0.1, 0.15) is 34.9 Å². The molecule has 1 aromatic heterocycles. The van der Waals surface area contributed by atoms with Gasteiger partial charge in [-0.25, -0.2) is 13.4 Å². The van der Waals surface area contributed by atoms with E-state index in [1.165, 1.54) is 6.07 Å². The summed E-state index contributed by atoms with van der Waals surface area (Å²) < 4.78 is 23.5. The van der Waals surface area contributed by atoms with Crippen molar-refractivity contribution in [3.63, 3.8) is 0 Å². The van der Waals surface area contributed by atoms with Crippen LogP contribution in [-0.4, -0.2) is 40.7 Å². The predicted molar refractivity (Wildman–Crippen MR) is 108 cm³/mol.